The third-order valence-corrected chi connectivity index (χ3v) is 1.89. The number of hydrogen-bond acceptors (Lipinski definition) is 0. The molecule has 50 valence electrons. The summed E-state index contributed by atoms with van der Waals surface area (Å²) < 4.78 is 1.20. The molecule has 0 bridgehead atoms. The van der Waals surface area contributed by atoms with E-state index in [9.17, 15) is 0 Å². The zero-order valence-corrected chi connectivity index (χ0v) is 5.84. The number of nitrogens with zero attached hydrogens (tertiary/aromatic N) is 1. The van der Waals surface area contributed by atoms with Gasteiger partial charge < -0.3 is 4.48 Å². The molecule has 1 heteroatoms. The second kappa shape index (κ2) is 2.36. The summed E-state index contributed by atoms with van der Waals surface area (Å²) in [5.41, 5.74) is 0. The van der Waals surface area contributed by atoms with Crippen molar-refractivity contribution < 1.29 is 4.48 Å². The lowest BCUT2D eigenvalue weighted by molar-refractivity contribution is -0.786. The van der Waals surface area contributed by atoms with Crippen LogP contribution in [0.4, 0.5) is 0 Å². The van der Waals surface area contributed by atoms with Crippen molar-refractivity contribution in [3.8, 4) is 0 Å². The van der Waals surface area contributed by atoms with Crippen LogP contribution >= 0.6 is 0 Å². The minimum atomic E-state index is 1.12. The van der Waals surface area contributed by atoms with Crippen LogP contribution in [0.15, 0.2) is 25.3 Å². The van der Waals surface area contributed by atoms with E-state index in [4.69, 9.17) is 0 Å². The van der Waals surface area contributed by atoms with Crippen molar-refractivity contribution in [1.29, 1.82) is 0 Å². The Labute approximate surface area is 56.9 Å². The second-order valence-electron chi connectivity index (χ2n) is 2.73. The standard InChI is InChI=1S/C8H14N/c1-3-5-9(6-4-2)7-8-9/h3-4H,1-2,5-8H2/q+1. The average Bonchev–Trinajstić information content (AvgIpc) is 2.51. The van der Waals surface area contributed by atoms with E-state index in [0.29, 0.717) is 0 Å². The predicted molar refractivity (Wildman–Crippen MR) is 40.1 cm³/mol. The van der Waals surface area contributed by atoms with Crippen LogP contribution in [-0.4, -0.2) is 30.7 Å². The largest absolute Gasteiger partial charge is 0.308 e. The van der Waals surface area contributed by atoms with E-state index in [-0.39, 0.29) is 0 Å². The molecule has 0 N–H and O–H groups in total. The molecule has 0 radical (unpaired) electrons. The van der Waals surface area contributed by atoms with E-state index in [1.165, 1.54) is 17.6 Å². The van der Waals surface area contributed by atoms with Crippen LogP contribution in [0.25, 0.3) is 0 Å². The van der Waals surface area contributed by atoms with E-state index in [1.807, 2.05) is 12.2 Å². The van der Waals surface area contributed by atoms with Gasteiger partial charge in [0.25, 0.3) is 0 Å². The molecule has 0 unspecified atom stereocenters. The quantitative estimate of drug-likeness (QED) is 0.300. The zero-order valence-electron chi connectivity index (χ0n) is 5.84. The van der Waals surface area contributed by atoms with Gasteiger partial charge in [0.2, 0.25) is 0 Å². The van der Waals surface area contributed by atoms with Crippen molar-refractivity contribution in [3.05, 3.63) is 25.3 Å². The monoisotopic (exact) mass is 124 g/mol. The summed E-state index contributed by atoms with van der Waals surface area (Å²) in [4.78, 5) is 0. The van der Waals surface area contributed by atoms with Crippen LogP contribution in [0.5, 0.6) is 0 Å². The fourth-order valence-corrected chi connectivity index (χ4v) is 1.13. The maximum absolute atomic E-state index is 3.72. The molecule has 9 heavy (non-hydrogen) atoms. The van der Waals surface area contributed by atoms with Gasteiger partial charge in [0, 0.05) is 0 Å². The van der Waals surface area contributed by atoms with Crippen LogP contribution < -0.4 is 0 Å². The summed E-state index contributed by atoms with van der Waals surface area (Å²) in [6, 6.07) is 0. The molecule has 1 rings (SSSR count). The lowest BCUT2D eigenvalue weighted by Crippen LogP contribution is -2.25. The molecule has 0 aromatic heterocycles. The number of quaternary nitrogens is 1. The Morgan fingerprint density at radius 2 is 1.56 bits per heavy atom. The molecule has 0 saturated carbocycles. The third-order valence-electron chi connectivity index (χ3n) is 1.89. The van der Waals surface area contributed by atoms with Crippen LogP contribution in [0.3, 0.4) is 0 Å². The van der Waals surface area contributed by atoms with Gasteiger partial charge in [0.15, 0.2) is 0 Å². The Morgan fingerprint density at radius 1 is 1.11 bits per heavy atom. The summed E-state index contributed by atoms with van der Waals surface area (Å²) in [5.74, 6) is 0. The van der Waals surface area contributed by atoms with E-state index in [0.717, 1.165) is 13.1 Å². The molecule has 0 atom stereocenters. The van der Waals surface area contributed by atoms with Gasteiger partial charge >= 0.3 is 0 Å². The van der Waals surface area contributed by atoms with Crippen LogP contribution in [-0.2, 0) is 0 Å². The van der Waals surface area contributed by atoms with E-state index >= 15 is 0 Å². The predicted octanol–water partition coefficient (Wildman–Crippen LogP) is 1.19. The SMILES string of the molecule is C=CC[N+]1(CC=C)CC1. The molecule has 0 spiro atoms. The Balaban J connectivity index is 2.32. The lowest BCUT2D eigenvalue weighted by atomic mass is 10.5. The molecule has 1 aliphatic heterocycles. The highest BCUT2D eigenvalue weighted by molar-refractivity contribution is 4.76. The number of hydrogen-bond donors (Lipinski definition) is 0. The van der Waals surface area contributed by atoms with Crippen LogP contribution in [0.2, 0.25) is 0 Å². The van der Waals surface area contributed by atoms with Gasteiger partial charge in [-0.05, 0) is 12.2 Å². The molecular weight excluding hydrogens is 110 g/mol. The van der Waals surface area contributed by atoms with E-state index < -0.39 is 0 Å². The first kappa shape index (κ1) is 6.56. The van der Waals surface area contributed by atoms with E-state index in [1.54, 1.807) is 0 Å². The van der Waals surface area contributed by atoms with Crippen molar-refractivity contribution in [2.24, 2.45) is 0 Å². The van der Waals surface area contributed by atoms with Gasteiger partial charge in [0.1, 0.15) is 13.1 Å². The first-order valence-corrected chi connectivity index (χ1v) is 3.40. The summed E-state index contributed by atoms with van der Waals surface area (Å²) in [6.07, 6.45) is 3.99. The Hall–Kier alpha value is -0.560. The van der Waals surface area contributed by atoms with Gasteiger partial charge in [-0.25, -0.2) is 0 Å². The van der Waals surface area contributed by atoms with Gasteiger partial charge in [0.05, 0.1) is 13.1 Å². The molecule has 1 fully saturated rings. The molecule has 1 nitrogen and oxygen atoms in total. The van der Waals surface area contributed by atoms with Gasteiger partial charge in [-0.1, -0.05) is 13.2 Å². The summed E-state index contributed by atoms with van der Waals surface area (Å²) in [5, 5.41) is 0. The second-order valence-corrected chi connectivity index (χ2v) is 2.73. The van der Waals surface area contributed by atoms with Crippen molar-refractivity contribution >= 4 is 0 Å². The maximum Gasteiger partial charge on any atom is 0.129 e. The lowest BCUT2D eigenvalue weighted by Gasteiger charge is -2.12. The van der Waals surface area contributed by atoms with Crippen molar-refractivity contribution in [2.75, 3.05) is 26.2 Å². The van der Waals surface area contributed by atoms with Gasteiger partial charge in [-0.15, -0.1) is 0 Å². The molecule has 1 saturated heterocycles. The van der Waals surface area contributed by atoms with Gasteiger partial charge in [-0.2, -0.15) is 0 Å². The minimum absolute atomic E-state index is 1.12. The fourth-order valence-electron chi connectivity index (χ4n) is 1.13. The highest BCUT2D eigenvalue weighted by atomic mass is 15.5. The Kier molecular flexibility index (Phi) is 1.72. The summed E-state index contributed by atoms with van der Waals surface area (Å²) >= 11 is 0. The molecule has 0 aliphatic carbocycles. The highest BCUT2D eigenvalue weighted by Gasteiger charge is 2.38. The normalized spacial score (nSPS) is 20.9. The number of rotatable bonds is 4. The van der Waals surface area contributed by atoms with Crippen LogP contribution in [0, 0.1) is 0 Å². The molecule has 0 aromatic rings. The smallest absolute Gasteiger partial charge is 0.129 e. The van der Waals surface area contributed by atoms with Crippen molar-refractivity contribution in [1.82, 2.24) is 0 Å². The van der Waals surface area contributed by atoms with Gasteiger partial charge in [-0.3, -0.25) is 0 Å². The fraction of sp³-hybridized carbons (Fsp3) is 0.500. The molecule has 1 aliphatic rings. The van der Waals surface area contributed by atoms with E-state index in [2.05, 4.69) is 13.2 Å². The minimum Gasteiger partial charge on any atom is -0.308 e. The Bertz CT molecular complexity index is 111. The Morgan fingerprint density at radius 3 is 1.78 bits per heavy atom. The molecule has 1 heterocycles. The third kappa shape index (κ3) is 1.42. The van der Waals surface area contributed by atoms with Crippen LogP contribution in [0.1, 0.15) is 0 Å². The molecular formula is C8H14N+. The maximum atomic E-state index is 3.72. The highest BCUT2D eigenvalue weighted by Crippen LogP contribution is 2.19. The summed E-state index contributed by atoms with van der Waals surface area (Å²) in [6.45, 7) is 12.3. The van der Waals surface area contributed by atoms with Crippen molar-refractivity contribution in [3.63, 3.8) is 0 Å². The molecule has 0 amide bonds. The molecule has 0 aromatic carbocycles. The average molecular weight is 124 g/mol. The first-order chi connectivity index (χ1) is 4.33. The zero-order chi connectivity index (χ0) is 6.74. The first-order valence-electron chi connectivity index (χ1n) is 3.40. The van der Waals surface area contributed by atoms with Crippen molar-refractivity contribution in [2.45, 2.75) is 0 Å². The topological polar surface area (TPSA) is 0 Å². The summed E-state index contributed by atoms with van der Waals surface area (Å²) in [7, 11) is 0.